The molecule has 4 aromatic carbocycles. The molecule has 0 aliphatic carbocycles. The van der Waals surface area contributed by atoms with Gasteiger partial charge in [-0.05, 0) is 40.1 Å². The molecule has 0 saturated carbocycles. The Balaban J connectivity index is 1.50. The highest BCUT2D eigenvalue weighted by Crippen LogP contribution is 2.34. The summed E-state index contributed by atoms with van der Waals surface area (Å²) in [4.78, 5) is 3.24. The lowest BCUT2D eigenvalue weighted by Crippen LogP contribution is -2.63. The Hall–Kier alpha value is -4.01. The van der Waals surface area contributed by atoms with Crippen molar-refractivity contribution in [2.45, 2.75) is 83.3 Å². The van der Waals surface area contributed by atoms with Crippen LogP contribution in [-0.2, 0) is 50.1 Å². The van der Waals surface area contributed by atoms with E-state index in [0.717, 1.165) is 22.3 Å². The Kier molecular flexibility index (Phi) is 13.4. The molecule has 6 atom stereocenters. The summed E-state index contributed by atoms with van der Waals surface area (Å²) in [5, 5.41) is 4.27. The third-order valence-corrected chi connectivity index (χ3v) is 8.21. The van der Waals surface area contributed by atoms with Crippen LogP contribution in [0.2, 0.25) is 0 Å². The first-order valence-corrected chi connectivity index (χ1v) is 16.4. The van der Waals surface area contributed by atoms with Gasteiger partial charge in [-0.25, -0.2) is 0 Å². The molecule has 0 spiro atoms. The first-order chi connectivity index (χ1) is 23.1. The predicted molar refractivity (Wildman–Crippen MR) is 182 cm³/mol. The molecule has 1 aliphatic rings. The van der Waals surface area contributed by atoms with E-state index in [2.05, 4.69) is 23.9 Å². The number of nitrogens with zero attached hydrogens (tertiary/aromatic N) is 3. The van der Waals surface area contributed by atoms with Crippen LogP contribution >= 0.6 is 0 Å². The lowest BCUT2D eigenvalue weighted by atomic mass is 9.87. The number of azide groups is 1. The molecular formula is C39H45N3O5. The van der Waals surface area contributed by atoms with Gasteiger partial charge in [0.1, 0.15) is 24.4 Å². The van der Waals surface area contributed by atoms with Crippen molar-refractivity contribution in [3.8, 4) is 0 Å². The Bertz CT molecular complexity index is 1490. The first kappa shape index (κ1) is 34.3. The highest BCUT2D eigenvalue weighted by atomic mass is 16.6. The minimum absolute atomic E-state index is 0.256. The van der Waals surface area contributed by atoms with Crippen LogP contribution < -0.4 is 0 Å². The molecule has 8 nitrogen and oxygen atoms in total. The molecule has 4 aromatic rings. The van der Waals surface area contributed by atoms with Gasteiger partial charge in [-0.3, -0.25) is 0 Å². The largest absolute Gasteiger partial charge is 0.374 e. The van der Waals surface area contributed by atoms with Gasteiger partial charge >= 0.3 is 0 Å². The molecule has 0 radical (unpaired) electrons. The van der Waals surface area contributed by atoms with Crippen LogP contribution in [0.3, 0.4) is 0 Å². The number of benzene rings is 4. The molecule has 0 unspecified atom stereocenters. The minimum Gasteiger partial charge on any atom is -0.374 e. The van der Waals surface area contributed by atoms with E-state index in [1.54, 1.807) is 0 Å². The maximum atomic E-state index is 9.67. The lowest BCUT2D eigenvalue weighted by molar-refractivity contribution is -0.276. The number of hydrogen-bond acceptors (Lipinski definition) is 6. The van der Waals surface area contributed by atoms with Crippen LogP contribution in [0.1, 0.15) is 42.5 Å². The van der Waals surface area contributed by atoms with Crippen LogP contribution in [0.25, 0.3) is 10.4 Å². The van der Waals surface area contributed by atoms with Gasteiger partial charge in [0, 0.05) is 4.91 Å². The molecule has 0 aromatic heterocycles. The fraction of sp³-hybridized carbons (Fsp3) is 0.385. The van der Waals surface area contributed by atoms with E-state index < -0.39 is 36.6 Å². The van der Waals surface area contributed by atoms with Crippen molar-refractivity contribution in [1.29, 1.82) is 0 Å². The Labute approximate surface area is 278 Å². The molecular weight excluding hydrogens is 590 g/mol. The van der Waals surface area contributed by atoms with Crippen molar-refractivity contribution in [1.82, 2.24) is 0 Å². The zero-order valence-electron chi connectivity index (χ0n) is 27.2. The van der Waals surface area contributed by atoms with E-state index in [1.165, 1.54) is 0 Å². The molecule has 8 heteroatoms. The van der Waals surface area contributed by atoms with Gasteiger partial charge < -0.3 is 23.7 Å². The number of hydrogen-bond donors (Lipinski definition) is 0. The van der Waals surface area contributed by atoms with Crippen LogP contribution in [0.4, 0.5) is 0 Å². The standard InChI is InChI=1S/C39H45N3O5/c1-29(2)23-34(41-42-40)36-38(45-26-32-19-11-5-12-20-32)39(46-27-33-21-13-6-14-22-33)37(44-25-31-17-9-4-10-18-31)35(47-36)28-43-24-30-15-7-3-8-16-30/h3-22,29,34-39H,23-28H2,1-2H3/t34-,35+,36-,37+,38-,39-/m0/s1. The van der Waals surface area contributed by atoms with Crippen molar-refractivity contribution in [2.24, 2.45) is 11.0 Å². The van der Waals surface area contributed by atoms with Crippen molar-refractivity contribution in [3.05, 3.63) is 154 Å². The summed E-state index contributed by atoms with van der Waals surface area (Å²) in [6.45, 7) is 5.94. The third kappa shape index (κ3) is 10.5. The van der Waals surface area contributed by atoms with E-state index in [-0.39, 0.29) is 12.5 Å². The molecule has 1 aliphatic heterocycles. The van der Waals surface area contributed by atoms with Gasteiger partial charge in [-0.1, -0.05) is 140 Å². The second-order valence-corrected chi connectivity index (χ2v) is 12.3. The predicted octanol–water partition coefficient (Wildman–Crippen LogP) is 8.45. The molecule has 0 bridgehead atoms. The van der Waals surface area contributed by atoms with E-state index in [1.807, 2.05) is 121 Å². The van der Waals surface area contributed by atoms with E-state index in [4.69, 9.17) is 23.7 Å². The second-order valence-electron chi connectivity index (χ2n) is 12.3. The van der Waals surface area contributed by atoms with Gasteiger partial charge in [0.15, 0.2) is 0 Å². The zero-order valence-corrected chi connectivity index (χ0v) is 27.2. The maximum Gasteiger partial charge on any atom is 0.115 e. The van der Waals surface area contributed by atoms with Crippen molar-refractivity contribution in [3.63, 3.8) is 0 Å². The highest BCUT2D eigenvalue weighted by Gasteiger charge is 2.50. The summed E-state index contributed by atoms with van der Waals surface area (Å²) in [6.07, 6.45) is -2.20. The van der Waals surface area contributed by atoms with Gasteiger partial charge in [0.25, 0.3) is 0 Å². The van der Waals surface area contributed by atoms with Gasteiger partial charge in [0.2, 0.25) is 0 Å². The van der Waals surface area contributed by atoms with Crippen molar-refractivity contribution < 1.29 is 23.7 Å². The summed E-state index contributed by atoms with van der Waals surface area (Å²) in [6, 6.07) is 39.7. The van der Waals surface area contributed by atoms with Crippen molar-refractivity contribution >= 4 is 0 Å². The Morgan fingerprint density at radius 2 is 1.04 bits per heavy atom. The monoisotopic (exact) mass is 635 g/mol. The SMILES string of the molecule is CC(C)C[C@H](N=[N+]=[N-])[C@@H]1O[C@H](COCc2ccccc2)[C@@H](OCc2ccccc2)[C@H](OCc2ccccc2)[C@H]1OCc1ccccc1. The Morgan fingerprint density at radius 1 is 0.617 bits per heavy atom. The maximum absolute atomic E-state index is 9.67. The van der Waals surface area contributed by atoms with E-state index in [9.17, 15) is 5.53 Å². The van der Waals surface area contributed by atoms with Crippen molar-refractivity contribution in [2.75, 3.05) is 6.61 Å². The molecule has 0 N–H and O–H groups in total. The second kappa shape index (κ2) is 18.4. The first-order valence-electron chi connectivity index (χ1n) is 16.4. The molecule has 0 amide bonds. The van der Waals surface area contributed by atoms with Gasteiger partial charge in [-0.15, -0.1) is 0 Å². The molecule has 5 rings (SSSR count). The van der Waals surface area contributed by atoms with Crippen LogP contribution in [-0.4, -0.2) is 43.2 Å². The minimum atomic E-state index is -0.598. The van der Waals surface area contributed by atoms with Gasteiger partial charge in [-0.2, -0.15) is 0 Å². The van der Waals surface area contributed by atoms with E-state index >= 15 is 0 Å². The average Bonchev–Trinajstić information content (AvgIpc) is 3.10. The molecule has 1 heterocycles. The summed E-state index contributed by atoms with van der Waals surface area (Å²) < 4.78 is 33.5. The third-order valence-electron chi connectivity index (χ3n) is 8.21. The molecule has 1 saturated heterocycles. The lowest BCUT2D eigenvalue weighted by Gasteiger charge is -2.48. The quantitative estimate of drug-likeness (QED) is 0.0659. The summed E-state index contributed by atoms with van der Waals surface area (Å²) in [5.74, 6) is 0.257. The number of rotatable bonds is 17. The van der Waals surface area contributed by atoms with Crippen LogP contribution in [0.15, 0.2) is 126 Å². The summed E-state index contributed by atoms with van der Waals surface area (Å²) in [7, 11) is 0. The van der Waals surface area contributed by atoms with Crippen LogP contribution in [0, 0.1) is 5.92 Å². The number of ether oxygens (including phenoxy) is 5. The Morgan fingerprint density at radius 3 is 1.49 bits per heavy atom. The molecule has 1 fully saturated rings. The topological polar surface area (TPSA) is 94.9 Å². The molecule has 47 heavy (non-hydrogen) atoms. The normalized spacial score (nSPS) is 21.6. The smallest absolute Gasteiger partial charge is 0.115 e. The van der Waals surface area contributed by atoms with E-state index in [0.29, 0.717) is 32.8 Å². The van der Waals surface area contributed by atoms with Crippen LogP contribution in [0.5, 0.6) is 0 Å². The zero-order chi connectivity index (χ0) is 32.7. The highest BCUT2D eigenvalue weighted by molar-refractivity contribution is 5.17. The fourth-order valence-electron chi connectivity index (χ4n) is 5.93. The average molecular weight is 636 g/mol. The summed E-state index contributed by atoms with van der Waals surface area (Å²) >= 11 is 0. The fourth-order valence-corrected chi connectivity index (χ4v) is 5.93. The summed E-state index contributed by atoms with van der Waals surface area (Å²) in [5.41, 5.74) is 13.8. The van der Waals surface area contributed by atoms with Gasteiger partial charge in [0.05, 0.1) is 45.2 Å². The molecule has 246 valence electrons.